The molecule has 0 aliphatic carbocycles. The predicted octanol–water partition coefficient (Wildman–Crippen LogP) is 3.62. The average molecular weight is 449 g/mol. The number of nitrogens with zero attached hydrogens (tertiary/aromatic N) is 2. The highest BCUT2D eigenvalue weighted by Gasteiger charge is 2.15. The molecule has 3 N–H and O–H groups in total. The Kier molecular flexibility index (Phi) is 10.6. The predicted molar refractivity (Wildman–Crippen MR) is 127 cm³/mol. The smallest absolute Gasteiger partial charge is 0.237 e. The van der Waals surface area contributed by atoms with E-state index in [0.717, 1.165) is 18.7 Å². The van der Waals surface area contributed by atoms with Crippen molar-refractivity contribution in [2.24, 2.45) is 5.73 Å². The molecule has 5 nitrogen and oxygen atoms in total. The second-order valence-electron chi connectivity index (χ2n) is 7.37. The summed E-state index contributed by atoms with van der Waals surface area (Å²) in [6.45, 7) is 5.51. The first-order chi connectivity index (χ1) is 13.5. The number of nitrogens with one attached hydrogen (secondary N) is 1. The number of rotatable bonds is 8. The summed E-state index contributed by atoms with van der Waals surface area (Å²) < 4.78 is 2.01. The van der Waals surface area contributed by atoms with Gasteiger partial charge >= 0.3 is 0 Å². The first kappa shape index (κ1) is 25.7. The van der Waals surface area contributed by atoms with Gasteiger partial charge in [-0.1, -0.05) is 59.7 Å². The standard InChI is InChI=1S/C23H28N4O.2ClH/c1-17-10-18(2)12-20(11-17)8-9-25-23(28)22(24)13-21-15-27(16-26-21)14-19-6-4-3-5-7-19;;/h3-7,10-12,15-16,22H,8-9,13-14,24H2,1-2H3,(H,25,28);2*1H/t22-;;/m0../s1. The van der Waals surface area contributed by atoms with E-state index in [2.05, 4.69) is 54.5 Å². The van der Waals surface area contributed by atoms with Crippen LogP contribution >= 0.6 is 24.8 Å². The Bertz CT molecular complexity index is 908. The maximum atomic E-state index is 12.3. The molecule has 0 radical (unpaired) electrons. The average Bonchev–Trinajstić information content (AvgIpc) is 3.08. The molecular weight excluding hydrogens is 419 g/mol. The van der Waals surface area contributed by atoms with Gasteiger partial charge in [-0.3, -0.25) is 4.79 Å². The number of nitrogens with two attached hydrogens (primary N) is 1. The topological polar surface area (TPSA) is 72.9 Å². The maximum Gasteiger partial charge on any atom is 0.237 e. The van der Waals surface area contributed by atoms with Crippen LogP contribution in [0.5, 0.6) is 0 Å². The molecule has 0 saturated heterocycles. The minimum absolute atomic E-state index is 0. The van der Waals surface area contributed by atoms with Gasteiger partial charge in [0.2, 0.25) is 5.91 Å². The SMILES string of the molecule is Cc1cc(C)cc(CCNC(=O)[C@@H](N)Cc2cn(Cc3ccccc3)cn2)c1.Cl.Cl. The van der Waals surface area contributed by atoms with Crippen LogP contribution < -0.4 is 11.1 Å². The highest BCUT2D eigenvalue weighted by atomic mass is 35.5. The molecule has 7 heteroatoms. The lowest BCUT2D eigenvalue weighted by atomic mass is 10.1. The highest BCUT2D eigenvalue weighted by molar-refractivity contribution is 5.85. The van der Waals surface area contributed by atoms with E-state index in [1.807, 2.05) is 29.0 Å². The van der Waals surface area contributed by atoms with Crippen molar-refractivity contribution in [1.29, 1.82) is 0 Å². The second kappa shape index (κ2) is 12.4. The van der Waals surface area contributed by atoms with Gasteiger partial charge in [0.15, 0.2) is 0 Å². The number of hydrogen-bond donors (Lipinski definition) is 2. The monoisotopic (exact) mass is 448 g/mol. The van der Waals surface area contributed by atoms with E-state index in [1.54, 1.807) is 6.33 Å². The Morgan fingerprint density at radius 1 is 1.07 bits per heavy atom. The van der Waals surface area contributed by atoms with Crippen molar-refractivity contribution in [3.8, 4) is 0 Å². The van der Waals surface area contributed by atoms with Gasteiger partial charge in [-0.15, -0.1) is 24.8 Å². The number of benzene rings is 2. The molecule has 0 saturated carbocycles. The van der Waals surface area contributed by atoms with Gasteiger partial charge in [-0.05, 0) is 31.4 Å². The number of imidazole rings is 1. The normalized spacial score (nSPS) is 11.2. The third-order valence-corrected chi connectivity index (χ3v) is 4.65. The molecule has 1 atom stereocenters. The second-order valence-corrected chi connectivity index (χ2v) is 7.37. The Balaban J connectivity index is 0.00000225. The lowest BCUT2D eigenvalue weighted by Gasteiger charge is -2.11. The summed E-state index contributed by atoms with van der Waals surface area (Å²) in [5.41, 5.74) is 11.8. The molecule has 0 unspecified atom stereocenters. The number of aromatic nitrogens is 2. The summed E-state index contributed by atoms with van der Waals surface area (Å²) in [4.78, 5) is 16.7. The van der Waals surface area contributed by atoms with Crippen molar-refractivity contribution in [1.82, 2.24) is 14.9 Å². The Labute approximate surface area is 190 Å². The van der Waals surface area contributed by atoms with E-state index in [-0.39, 0.29) is 30.7 Å². The lowest BCUT2D eigenvalue weighted by Crippen LogP contribution is -2.42. The largest absolute Gasteiger partial charge is 0.354 e. The van der Waals surface area contributed by atoms with Crippen molar-refractivity contribution >= 4 is 30.7 Å². The van der Waals surface area contributed by atoms with Gasteiger partial charge in [-0.25, -0.2) is 4.98 Å². The Hall–Kier alpha value is -2.34. The van der Waals surface area contributed by atoms with Crippen molar-refractivity contribution in [3.05, 3.63) is 89.0 Å². The third-order valence-electron chi connectivity index (χ3n) is 4.65. The maximum absolute atomic E-state index is 12.3. The van der Waals surface area contributed by atoms with E-state index in [9.17, 15) is 4.79 Å². The van der Waals surface area contributed by atoms with Crippen LogP contribution in [0, 0.1) is 13.8 Å². The fourth-order valence-electron chi connectivity index (χ4n) is 3.38. The summed E-state index contributed by atoms with van der Waals surface area (Å²) in [7, 11) is 0. The van der Waals surface area contributed by atoms with Gasteiger partial charge in [-0.2, -0.15) is 0 Å². The van der Waals surface area contributed by atoms with Crippen LogP contribution in [0.15, 0.2) is 61.1 Å². The van der Waals surface area contributed by atoms with Crippen LogP contribution in [0.3, 0.4) is 0 Å². The Morgan fingerprint density at radius 2 is 1.73 bits per heavy atom. The van der Waals surface area contributed by atoms with E-state index >= 15 is 0 Å². The van der Waals surface area contributed by atoms with E-state index in [4.69, 9.17) is 5.73 Å². The molecule has 30 heavy (non-hydrogen) atoms. The molecule has 2 aromatic carbocycles. The molecule has 1 aromatic heterocycles. The van der Waals surface area contributed by atoms with Gasteiger partial charge in [0.25, 0.3) is 0 Å². The van der Waals surface area contributed by atoms with Crippen molar-refractivity contribution in [3.63, 3.8) is 0 Å². The molecule has 1 amide bonds. The third kappa shape index (κ3) is 7.82. The van der Waals surface area contributed by atoms with Gasteiger partial charge in [0, 0.05) is 25.7 Å². The van der Waals surface area contributed by atoms with Crippen molar-refractivity contribution < 1.29 is 4.79 Å². The van der Waals surface area contributed by atoms with Gasteiger partial charge in [0.1, 0.15) is 0 Å². The number of carbonyl (C=O) groups is 1. The number of aryl methyl sites for hydroxylation is 2. The molecule has 0 aliphatic rings. The summed E-state index contributed by atoms with van der Waals surface area (Å²) >= 11 is 0. The lowest BCUT2D eigenvalue weighted by molar-refractivity contribution is -0.122. The Morgan fingerprint density at radius 3 is 2.40 bits per heavy atom. The fourth-order valence-corrected chi connectivity index (χ4v) is 3.38. The van der Waals surface area contributed by atoms with Gasteiger partial charge < -0.3 is 15.6 Å². The first-order valence-electron chi connectivity index (χ1n) is 9.64. The number of carbonyl (C=O) groups excluding carboxylic acids is 1. The zero-order valence-electron chi connectivity index (χ0n) is 17.4. The number of hydrogen-bond acceptors (Lipinski definition) is 3. The molecular formula is C23H30Cl2N4O. The van der Waals surface area contributed by atoms with Crippen LogP contribution in [-0.2, 0) is 24.2 Å². The van der Waals surface area contributed by atoms with E-state index in [1.165, 1.54) is 22.3 Å². The van der Waals surface area contributed by atoms with Crippen LogP contribution in [-0.4, -0.2) is 28.0 Å². The van der Waals surface area contributed by atoms with Crippen molar-refractivity contribution in [2.45, 2.75) is 39.3 Å². The van der Waals surface area contributed by atoms with Crippen molar-refractivity contribution in [2.75, 3.05) is 6.54 Å². The minimum Gasteiger partial charge on any atom is -0.354 e. The number of amides is 1. The van der Waals surface area contributed by atoms with E-state index in [0.29, 0.717) is 13.0 Å². The summed E-state index contributed by atoms with van der Waals surface area (Å²) in [6.07, 6.45) is 4.96. The fraction of sp³-hybridized carbons (Fsp3) is 0.304. The van der Waals surface area contributed by atoms with E-state index < -0.39 is 6.04 Å². The van der Waals surface area contributed by atoms with Crippen LogP contribution in [0.25, 0.3) is 0 Å². The molecule has 3 rings (SSSR count). The zero-order valence-corrected chi connectivity index (χ0v) is 19.0. The van der Waals surface area contributed by atoms with Crippen LogP contribution in [0.2, 0.25) is 0 Å². The quantitative estimate of drug-likeness (QED) is 0.552. The van der Waals surface area contributed by atoms with Gasteiger partial charge in [0.05, 0.1) is 18.1 Å². The molecule has 3 aromatic rings. The highest BCUT2D eigenvalue weighted by Crippen LogP contribution is 2.09. The molecule has 0 spiro atoms. The first-order valence-corrected chi connectivity index (χ1v) is 9.64. The number of halogens is 2. The summed E-state index contributed by atoms with van der Waals surface area (Å²) in [5, 5.41) is 2.94. The molecule has 1 heterocycles. The molecule has 162 valence electrons. The minimum atomic E-state index is -0.598. The molecule has 0 aliphatic heterocycles. The molecule has 0 fully saturated rings. The zero-order chi connectivity index (χ0) is 19.9. The molecule has 0 bridgehead atoms. The summed E-state index contributed by atoms with van der Waals surface area (Å²) in [6, 6.07) is 16.0. The van der Waals surface area contributed by atoms with Crippen LogP contribution in [0.1, 0.15) is 27.9 Å². The van der Waals surface area contributed by atoms with Crippen LogP contribution in [0.4, 0.5) is 0 Å². The summed E-state index contributed by atoms with van der Waals surface area (Å²) in [5.74, 6) is -0.137.